The first-order valence-corrected chi connectivity index (χ1v) is 11.5. The Hall–Kier alpha value is -2.89. The Labute approximate surface area is 185 Å². The van der Waals surface area contributed by atoms with E-state index in [-0.39, 0.29) is 19.5 Å². The van der Waals surface area contributed by atoms with Crippen LogP contribution in [0.25, 0.3) is 0 Å². The summed E-state index contributed by atoms with van der Waals surface area (Å²) in [4.78, 5) is 24.7. The van der Waals surface area contributed by atoms with Gasteiger partial charge < -0.3 is 10.2 Å². The summed E-state index contributed by atoms with van der Waals surface area (Å²) in [6.07, 6.45) is 0.0491. The summed E-state index contributed by atoms with van der Waals surface area (Å²) in [6.45, 7) is 1.27. The van der Waals surface area contributed by atoms with Crippen molar-refractivity contribution in [1.82, 2.24) is 19.8 Å². The number of imide groups is 1. The molecule has 0 aromatic heterocycles. The van der Waals surface area contributed by atoms with Crippen molar-refractivity contribution in [3.8, 4) is 0 Å². The van der Waals surface area contributed by atoms with E-state index in [1.54, 1.807) is 0 Å². The maximum absolute atomic E-state index is 13.9. The van der Waals surface area contributed by atoms with Gasteiger partial charge in [-0.05, 0) is 17.7 Å². The molecule has 1 aliphatic heterocycles. The van der Waals surface area contributed by atoms with Gasteiger partial charge in [0.05, 0.1) is 0 Å². The zero-order valence-corrected chi connectivity index (χ0v) is 18.1. The van der Waals surface area contributed by atoms with Gasteiger partial charge in [0, 0.05) is 45.7 Å². The van der Waals surface area contributed by atoms with Gasteiger partial charge in [-0.15, -0.1) is 0 Å². The van der Waals surface area contributed by atoms with Crippen molar-refractivity contribution >= 4 is 22.0 Å². The maximum Gasteiger partial charge on any atom is 0.321 e. The number of hydrogen-bond acceptors (Lipinski definition) is 5. The summed E-state index contributed by atoms with van der Waals surface area (Å²) in [5, 5.41) is 4.85. The lowest BCUT2D eigenvalue weighted by Gasteiger charge is -2.33. The molecule has 1 saturated heterocycles. The molecule has 3 rings (SSSR count). The van der Waals surface area contributed by atoms with E-state index in [2.05, 4.69) is 10.6 Å². The number of benzene rings is 2. The number of nitrogens with zero attached hydrogens (tertiary/aromatic N) is 2. The van der Waals surface area contributed by atoms with Gasteiger partial charge in [0.15, 0.2) is 4.90 Å². The minimum atomic E-state index is -4.30. The Morgan fingerprint density at radius 3 is 2.16 bits per heavy atom. The van der Waals surface area contributed by atoms with Crippen LogP contribution in [0.15, 0.2) is 53.4 Å². The number of urea groups is 1. The molecule has 0 atom stereocenters. The molecule has 1 heterocycles. The van der Waals surface area contributed by atoms with E-state index in [1.165, 1.54) is 0 Å². The predicted octanol–water partition coefficient (Wildman–Crippen LogP) is 1.69. The molecule has 0 unspecified atom stereocenters. The fourth-order valence-corrected chi connectivity index (χ4v) is 4.85. The number of rotatable bonds is 7. The molecule has 2 aromatic rings. The number of carbonyl (C=O) groups excluding carboxylic acids is 2. The third-order valence-corrected chi connectivity index (χ3v) is 7.00. The molecular weight excluding hydrogens is 442 g/mol. The van der Waals surface area contributed by atoms with Gasteiger partial charge in [0.2, 0.25) is 15.9 Å². The van der Waals surface area contributed by atoms with Crippen LogP contribution in [0.3, 0.4) is 0 Å². The Morgan fingerprint density at radius 1 is 0.906 bits per heavy atom. The smallest absolute Gasteiger partial charge is 0.321 e. The zero-order valence-electron chi connectivity index (χ0n) is 17.3. The molecule has 0 aliphatic carbocycles. The predicted molar refractivity (Wildman–Crippen MR) is 113 cm³/mol. The van der Waals surface area contributed by atoms with Crippen LogP contribution < -0.4 is 10.6 Å². The normalized spacial score (nSPS) is 15.3. The van der Waals surface area contributed by atoms with Gasteiger partial charge >= 0.3 is 6.03 Å². The topological polar surface area (TPSA) is 98.8 Å². The summed E-state index contributed by atoms with van der Waals surface area (Å²) in [5.41, 5.74) is 0.901. The Morgan fingerprint density at radius 2 is 1.53 bits per heavy atom. The lowest BCUT2D eigenvalue weighted by Crippen LogP contribution is -2.49. The van der Waals surface area contributed by atoms with Gasteiger partial charge in [0.1, 0.15) is 11.6 Å². The Bertz CT molecular complexity index is 1040. The van der Waals surface area contributed by atoms with Gasteiger partial charge in [0.25, 0.3) is 0 Å². The number of piperazine rings is 1. The Balaban J connectivity index is 1.42. The second-order valence-corrected chi connectivity index (χ2v) is 9.14. The summed E-state index contributed by atoms with van der Waals surface area (Å²) < 4.78 is 54.1. The lowest BCUT2D eigenvalue weighted by molar-refractivity contribution is -0.120. The average molecular weight is 467 g/mol. The second-order valence-electron chi connectivity index (χ2n) is 7.26. The lowest BCUT2D eigenvalue weighted by atomic mass is 10.2. The zero-order chi connectivity index (χ0) is 23.1. The highest BCUT2D eigenvalue weighted by Crippen LogP contribution is 2.23. The van der Waals surface area contributed by atoms with E-state index in [0.717, 1.165) is 28.1 Å². The van der Waals surface area contributed by atoms with Crippen LogP contribution in [0, 0.1) is 11.6 Å². The molecule has 3 amide bonds. The first-order chi connectivity index (χ1) is 15.3. The number of amides is 3. The summed E-state index contributed by atoms with van der Waals surface area (Å²) in [7, 11) is -4.30. The van der Waals surface area contributed by atoms with Crippen LogP contribution in [0.4, 0.5) is 13.6 Å². The molecule has 2 aromatic carbocycles. The molecule has 0 spiro atoms. The minimum Gasteiger partial charge on any atom is -0.334 e. The number of sulfonamides is 1. The SMILES string of the molecule is O=C(CCN1CCN(S(=O)(=O)c2c(F)cccc2F)CC1)NC(=O)NCc1ccccc1. The molecule has 1 aliphatic rings. The van der Waals surface area contributed by atoms with Crippen molar-refractivity contribution in [2.45, 2.75) is 17.9 Å². The maximum atomic E-state index is 13.9. The van der Waals surface area contributed by atoms with Crippen molar-refractivity contribution in [3.05, 3.63) is 65.7 Å². The number of halogens is 2. The molecule has 32 heavy (non-hydrogen) atoms. The Kier molecular flexibility index (Phi) is 7.89. The highest BCUT2D eigenvalue weighted by atomic mass is 32.2. The monoisotopic (exact) mass is 466 g/mol. The fourth-order valence-electron chi connectivity index (χ4n) is 3.32. The molecule has 2 N–H and O–H groups in total. The van der Waals surface area contributed by atoms with Crippen LogP contribution in [0.2, 0.25) is 0 Å². The van der Waals surface area contributed by atoms with Crippen molar-refractivity contribution in [3.63, 3.8) is 0 Å². The summed E-state index contributed by atoms with van der Waals surface area (Å²) >= 11 is 0. The van der Waals surface area contributed by atoms with Crippen molar-refractivity contribution < 1.29 is 26.8 Å². The van der Waals surface area contributed by atoms with E-state index < -0.39 is 38.5 Å². The standard InChI is InChI=1S/C21H24F2N4O4S/c22-17-7-4-8-18(23)20(17)32(30,31)27-13-11-26(12-14-27)10-9-19(28)25-21(29)24-15-16-5-2-1-3-6-16/h1-8H,9-15H2,(H2,24,25,28,29). The summed E-state index contributed by atoms with van der Waals surface area (Å²) in [5.74, 6) is -2.72. The van der Waals surface area contributed by atoms with Crippen LogP contribution in [-0.2, 0) is 21.4 Å². The molecule has 1 fully saturated rings. The molecule has 8 nitrogen and oxygen atoms in total. The van der Waals surface area contributed by atoms with E-state index in [4.69, 9.17) is 0 Å². The van der Waals surface area contributed by atoms with Gasteiger partial charge in [-0.1, -0.05) is 36.4 Å². The fraction of sp³-hybridized carbons (Fsp3) is 0.333. The van der Waals surface area contributed by atoms with Crippen LogP contribution >= 0.6 is 0 Å². The van der Waals surface area contributed by atoms with Gasteiger partial charge in [-0.2, -0.15) is 4.31 Å². The minimum absolute atomic E-state index is 0.0370. The highest BCUT2D eigenvalue weighted by Gasteiger charge is 2.33. The number of carbonyl (C=O) groups is 2. The molecule has 0 saturated carbocycles. The van der Waals surface area contributed by atoms with Crippen molar-refractivity contribution in [1.29, 1.82) is 0 Å². The third-order valence-electron chi connectivity index (χ3n) is 5.05. The van der Waals surface area contributed by atoms with E-state index in [0.29, 0.717) is 26.2 Å². The van der Waals surface area contributed by atoms with Crippen molar-refractivity contribution in [2.75, 3.05) is 32.7 Å². The number of nitrogens with one attached hydrogen (secondary N) is 2. The molecular formula is C21H24F2N4O4S. The van der Waals surface area contributed by atoms with Crippen molar-refractivity contribution in [2.24, 2.45) is 0 Å². The molecule has 0 radical (unpaired) electrons. The van der Waals surface area contributed by atoms with Crippen LogP contribution in [0.1, 0.15) is 12.0 Å². The van der Waals surface area contributed by atoms with E-state index in [9.17, 15) is 26.8 Å². The molecule has 172 valence electrons. The second kappa shape index (κ2) is 10.6. The van der Waals surface area contributed by atoms with Gasteiger partial charge in [-0.3, -0.25) is 10.1 Å². The summed E-state index contributed by atoms with van der Waals surface area (Å²) in [6, 6.07) is 11.6. The highest BCUT2D eigenvalue weighted by molar-refractivity contribution is 7.89. The largest absolute Gasteiger partial charge is 0.334 e. The van der Waals surface area contributed by atoms with Crippen LogP contribution in [-0.4, -0.2) is 62.3 Å². The third kappa shape index (κ3) is 6.09. The van der Waals surface area contributed by atoms with E-state index in [1.807, 2.05) is 35.2 Å². The molecule has 0 bridgehead atoms. The van der Waals surface area contributed by atoms with Crippen LogP contribution in [0.5, 0.6) is 0 Å². The average Bonchev–Trinajstić information content (AvgIpc) is 2.77. The first kappa shape index (κ1) is 23.8. The quantitative estimate of drug-likeness (QED) is 0.647. The van der Waals surface area contributed by atoms with Gasteiger partial charge in [-0.25, -0.2) is 22.0 Å². The van der Waals surface area contributed by atoms with E-state index >= 15 is 0 Å². The number of hydrogen-bond donors (Lipinski definition) is 2. The first-order valence-electron chi connectivity index (χ1n) is 10.1. The molecule has 11 heteroatoms.